The zero-order chi connectivity index (χ0) is 22.2. The smallest absolute Gasteiger partial charge is 0.395 e. The number of nitrogens with zero attached hydrogens (tertiary/aromatic N) is 4. The number of aromatic nitrogens is 3. The summed E-state index contributed by atoms with van der Waals surface area (Å²) >= 11 is 0. The quantitative estimate of drug-likeness (QED) is 0.685. The van der Waals surface area contributed by atoms with Gasteiger partial charge in [0.05, 0.1) is 35.7 Å². The zero-order valence-electron chi connectivity index (χ0n) is 16.3. The number of likely N-dealkylation sites (tertiary alicyclic amines) is 1. The van der Waals surface area contributed by atoms with Crippen molar-refractivity contribution in [3.63, 3.8) is 0 Å². The number of hydrogen-bond donors (Lipinski definition) is 1. The minimum Gasteiger partial charge on any atom is -0.395 e. The highest BCUT2D eigenvalue weighted by Crippen LogP contribution is 2.33. The van der Waals surface area contributed by atoms with Crippen LogP contribution in [0.2, 0.25) is 0 Å². The van der Waals surface area contributed by atoms with E-state index in [2.05, 4.69) is 9.97 Å². The van der Waals surface area contributed by atoms with Crippen LogP contribution in [0.25, 0.3) is 10.9 Å². The number of pyridine rings is 1. The van der Waals surface area contributed by atoms with Crippen molar-refractivity contribution in [2.24, 2.45) is 0 Å². The number of hydrogen-bond acceptors (Lipinski definition) is 5. The van der Waals surface area contributed by atoms with Gasteiger partial charge in [0.1, 0.15) is 11.5 Å². The van der Waals surface area contributed by atoms with Crippen molar-refractivity contribution < 1.29 is 23.1 Å². The SMILES string of the molecule is O=C(c1ccc(C(F)(F)F)nc1)N1CCCC1c1nc2ccccc2c(=O)n1CCO. The van der Waals surface area contributed by atoms with E-state index in [9.17, 15) is 27.9 Å². The molecule has 3 heterocycles. The molecule has 1 N–H and O–H groups in total. The molecule has 3 aromatic rings. The van der Waals surface area contributed by atoms with Crippen molar-refractivity contribution in [2.75, 3.05) is 13.2 Å². The van der Waals surface area contributed by atoms with Gasteiger partial charge in [-0.25, -0.2) is 4.98 Å². The fourth-order valence-electron chi connectivity index (χ4n) is 3.89. The molecule has 31 heavy (non-hydrogen) atoms. The number of rotatable bonds is 4. The standard InChI is InChI=1S/C21H19F3N4O3/c22-21(23,24)17-8-7-13(12-25-17)19(30)27-9-3-6-16(27)18-26-15-5-2-1-4-14(15)20(31)28(18)10-11-29/h1-2,4-5,7-8,12,16,29H,3,6,9-11H2. The topological polar surface area (TPSA) is 88.3 Å². The number of para-hydroxylation sites is 1. The molecule has 0 radical (unpaired) electrons. The minimum atomic E-state index is -4.59. The third kappa shape index (κ3) is 3.90. The fraction of sp³-hybridized carbons (Fsp3) is 0.333. The van der Waals surface area contributed by atoms with Crippen molar-refractivity contribution in [3.05, 3.63) is 70.0 Å². The Labute approximate surface area is 174 Å². The summed E-state index contributed by atoms with van der Waals surface area (Å²) in [6.07, 6.45) is -2.50. The van der Waals surface area contributed by atoms with E-state index >= 15 is 0 Å². The molecule has 1 aromatic carbocycles. The predicted octanol–water partition coefficient (Wildman–Crippen LogP) is 2.78. The van der Waals surface area contributed by atoms with E-state index in [0.29, 0.717) is 36.1 Å². The number of aliphatic hydroxyl groups is 1. The largest absolute Gasteiger partial charge is 0.433 e. The Kier molecular flexibility index (Phi) is 5.48. The summed E-state index contributed by atoms with van der Waals surface area (Å²) < 4.78 is 39.7. The van der Waals surface area contributed by atoms with E-state index in [0.717, 1.165) is 18.3 Å². The van der Waals surface area contributed by atoms with Crippen LogP contribution in [0.15, 0.2) is 47.4 Å². The van der Waals surface area contributed by atoms with Crippen molar-refractivity contribution in [3.8, 4) is 0 Å². The lowest BCUT2D eigenvalue weighted by atomic mass is 10.1. The van der Waals surface area contributed by atoms with E-state index in [1.807, 2.05) is 0 Å². The second kappa shape index (κ2) is 8.10. The summed E-state index contributed by atoms with van der Waals surface area (Å²) in [6, 6.07) is 8.14. The second-order valence-corrected chi connectivity index (χ2v) is 7.25. The lowest BCUT2D eigenvalue weighted by molar-refractivity contribution is -0.141. The summed E-state index contributed by atoms with van der Waals surface area (Å²) in [5, 5.41) is 9.87. The molecule has 1 amide bonds. The van der Waals surface area contributed by atoms with Gasteiger partial charge in [-0.05, 0) is 37.1 Å². The Morgan fingerprint density at radius 3 is 2.65 bits per heavy atom. The van der Waals surface area contributed by atoms with Crippen molar-refractivity contribution >= 4 is 16.8 Å². The van der Waals surface area contributed by atoms with E-state index in [-0.39, 0.29) is 24.3 Å². The number of carbonyl (C=O) groups is 1. The molecule has 1 fully saturated rings. The van der Waals surface area contributed by atoms with E-state index in [4.69, 9.17) is 0 Å². The molecular weight excluding hydrogens is 413 g/mol. The van der Waals surface area contributed by atoms with E-state index < -0.39 is 23.8 Å². The molecule has 1 aliphatic heterocycles. The van der Waals surface area contributed by atoms with Gasteiger partial charge in [-0.1, -0.05) is 12.1 Å². The number of amides is 1. The zero-order valence-corrected chi connectivity index (χ0v) is 16.3. The average molecular weight is 432 g/mol. The highest BCUT2D eigenvalue weighted by atomic mass is 19.4. The molecule has 1 unspecified atom stereocenters. The summed E-state index contributed by atoms with van der Waals surface area (Å²) in [5.41, 5.74) is -0.885. The lowest BCUT2D eigenvalue weighted by Crippen LogP contribution is -2.36. The third-order valence-corrected chi connectivity index (χ3v) is 5.33. The van der Waals surface area contributed by atoms with Crippen LogP contribution in [-0.2, 0) is 12.7 Å². The van der Waals surface area contributed by atoms with Gasteiger partial charge in [0, 0.05) is 12.7 Å². The number of alkyl halides is 3. The molecule has 10 heteroatoms. The maximum atomic E-state index is 13.0. The molecule has 1 atom stereocenters. The van der Waals surface area contributed by atoms with Crippen LogP contribution in [0.5, 0.6) is 0 Å². The molecule has 1 aliphatic rings. The van der Waals surface area contributed by atoms with Crippen LogP contribution < -0.4 is 5.56 Å². The van der Waals surface area contributed by atoms with Crippen LogP contribution >= 0.6 is 0 Å². The number of aliphatic hydroxyl groups excluding tert-OH is 1. The highest BCUT2D eigenvalue weighted by Gasteiger charge is 2.35. The fourth-order valence-corrected chi connectivity index (χ4v) is 3.89. The van der Waals surface area contributed by atoms with Crippen molar-refractivity contribution in [1.82, 2.24) is 19.4 Å². The first-order valence-corrected chi connectivity index (χ1v) is 9.76. The van der Waals surface area contributed by atoms with Gasteiger partial charge in [-0.15, -0.1) is 0 Å². The maximum Gasteiger partial charge on any atom is 0.433 e. The van der Waals surface area contributed by atoms with Crippen molar-refractivity contribution in [1.29, 1.82) is 0 Å². The monoisotopic (exact) mass is 432 g/mol. The van der Waals surface area contributed by atoms with Crippen LogP contribution in [0.4, 0.5) is 13.2 Å². The number of carbonyl (C=O) groups excluding carboxylic acids is 1. The highest BCUT2D eigenvalue weighted by molar-refractivity contribution is 5.94. The summed E-state index contributed by atoms with van der Waals surface area (Å²) in [7, 11) is 0. The Hall–Kier alpha value is -3.27. The first-order chi connectivity index (χ1) is 14.8. The Balaban J connectivity index is 1.73. The number of halogens is 3. The molecule has 0 saturated carbocycles. The maximum absolute atomic E-state index is 13.0. The van der Waals surface area contributed by atoms with Crippen LogP contribution in [0.3, 0.4) is 0 Å². The molecule has 0 spiro atoms. The molecule has 1 saturated heterocycles. The normalized spacial score (nSPS) is 16.8. The van der Waals surface area contributed by atoms with Gasteiger partial charge < -0.3 is 10.0 Å². The summed E-state index contributed by atoms with van der Waals surface area (Å²) in [4.78, 5) is 35.5. The van der Waals surface area contributed by atoms with Gasteiger partial charge in [-0.2, -0.15) is 13.2 Å². The summed E-state index contributed by atoms with van der Waals surface area (Å²) in [5.74, 6) is -0.134. The minimum absolute atomic E-state index is 0.0202. The molecule has 0 bridgehead atoms. The van der Waals surface area contributed by atoms with Gasteiger partial charge in [-0.3, -0.25) is 19.1 Å². The first kappa shape index (κ1) is 21.0. The molecular formula is C21H19F3N4O3. The van der Waals surface area contributed by atoms with Gasteiger partial charge in [0.25, 0.3) is 11.5 Å². The molecule has 4 rings (SSSR count). The summed E-state index contributed by atoms with van der Waals surface area (Å²) in [6.45, 7) is 0.106. The molecule has 2 aromatic heterocycles. The Bertz CT molecular complexity index is 1180. The van der Waals surface area contributed by atoms with Gasteiger partial charge >= 0.3 is 6.18 Å². The number of fused-ring (bicyclic) bond motifs is 1. The second-order valence-electron chi connectivity index (χ2n) is 7.25. The van der Waals surface area contributed by atoms with Gasteiger partial charge in [0.15, 0.2) is 0 Å². The third-order valence-electron chi connectivity index (χ3n) is 5.33. The van der Waals surface area contributed by atoms with E-state index in [1.54, 1.807) is 24.3 Å². The Morgan fingerprint density at radius 2 is 1.97 bits per heavy atom. The van der Waals surface area contributed by atoms with E-state index in [1.165, 1.54) is 9.47 Å². The van der Waals surface area contributed by atoms with Crippen molar-refractivity contribution in [2.45, 2.75) is 31.6 Å². The van der Waals surface area contributed by atoms with Crippen LogP contribution in [-0.4, -0.2) is 43.6 Å². The molecule has 0 aliphatic carbocycles. The number of benzene rings is 1. The van der Waals surface area contributed by atoms with Crippen LogP contribution in [0, 0.1) is 0 Å². The molecule has 7 nitrogen and oxygen atoms in total. The first-order valence-electron chi connectivity index (χ1n) is 9.76. The molecule has 162 valence electrons. The van der Waals surface area contributed by atoms with Gasteiger partial charge in [0.2, 0.25) is 0 Å². The predicted molar refractivity (Wildman–Crippen MR) is 105 cm³/mol. The average Bonchev–Trinajstić information content (AvgIpc) is 3.24. The lowest BCUT2D eigenvalue weighted by Gasteiger charge is -2.26. The Morgan fingerprint density at radius 1 is 1.19 bits per heavy atom. The van der Waals surface area contributed by atoms with Crippen LogP contribution in [0.1, 0.15) is 40.8 Å².